The van der Waals surface area contributed by atoms with E-state index in [0.717, 1.165) is 5.56 Å². The van der Waals surface area contributed by atoms with Crippen molar-refractivity contribution >= 4 is 34.8 Å². The van der Waals surface area contributed by atoms with Crippen molar-refractivity contribution < 1.29 is 9.53 Å². The molecule has 128 valence electrons. The van der Waals surface area contributed by atoms with Gasteiger partial charge in [-0.1, -0.05) is 29.3 Å². The number of hydrogen-bond acceptors (Lipinski definition) is 3. The van der Waals surface area contributed by atoms with Gasteiger partial charge in [0, 0.05) is 21.9 Å². The predicted molar refractivity (Wildman–Crippen MR) is 98.4 cm³/mol. The van der Waals surface area contributed by atoms with Gasteiger partial charge in [0.05, 0.1) is 0 Å². The minimum atomic E-state index is -0.289. The van der Waals surface area contributed by atoms with E-state index in [-0.39, 0.29) is 12.6 Å². The first kappa shape index (κ1) is 17.3. The van der Waals surface area contributed by atoms with Crippen LogP contribution in [0.1, 0.15) is 16.1 Å². The summed E-state index contributed by atoms with van der Waals surface area (Å²) in [5.74, 6) is 0.347. The monoisotopic (exact) mass is 375 g/mol. The number of hydrogen-bond donors (Lipinski definition) is 1. The highest BCUT2D eigenvalue weighted by Crippen LogP contribution is 2.23. The highest BCUT2D eigenvalue weighted by atomic mass is 35.5. The Hall–Kier alpha value is -2.50. The molecule has 1 aromatic heterocycles. The van der Waals surface area contributed by atoms with Crippen molar-refractivity contribution in [2.24, 2.45) is 0 Å². The molecule has 7 heteroatoms. The van der Waals surface area contributed by atoms with Crippen molar-refractivity contribution in [3.63, 3.8) is 0 Å². The molecule has 2 aromatic carbocycles. The lowest BCUT2D eigenvalue weighted by molar-refractivity contribution is 0.100. The first-order valence-electron chi connectivity index (χ1n) is 7.51. The van der Waals surface area contributed by atoms with E-state index in [1.54, 1.807) is 54.7 Å². The maximum Gasteiger partial charge on any atom is 0.274 e. The quantitative estimate of drug-likeness (QED) is 0.697. The average molecular weight is 376 g/mol. The molecule has 0 spiro atoms. The third-order valence-electron chi connectivity index (χ3n) is 3.63. The topological polar surface area (TPSA) is 56.2 Å². The molecule has 5 nitrogen and oxygen atoms in total. The first-order chi connectivity index (χ1) is 12.0. The fourth-order valence-electron chi connectivity index (χ4n) is 2.22. The molecule has 0 aliphatic carbocycles. The van der Waals surface area contributed by atoms with Gasteiger partial charge in [-0.2, -0.15) is 5.10 Å². The van der Waals surface area contributed by atoms with Gasteiger partial charge in [0.2, 0.25) is 0 Å². The number of nitrogens with one attached hydrogen (secondary N) is 1. The minimum absolute atomic E-state index is 0.103. The highest BCUT2D eigenvalue weighted by molar-refractivity contribution is 6.31. The Morgan fingerprint density at radius 2 is 1.92 bits per heavy atom. The van der Waals surface area contributed by atoms with Crippen LogP contribution in [-0.4, -0.2) is 15.7 Å². The van der Waals surface area contributed by atoms with Crippen LogP contribution in [0.4, 0.5) is 5.69 Å². The summed E-state index contributed by atoms with van der Waals surface area (Å²) >= 11 is 11.9. The largest absolute Gasteiger partial charge is 0.471 e. The number of ether oxygens (including phenoxy) is 1. The molecule has 3 rings (SSSR count). The normalized spacial score (nSPS) is 10.5. The summed E-state index contributed by atoms with van der Waals surface area (Å²) in [6.45, 7) is 1.95. The Kier molecular flexibility index (Phi) is 5.26. The number of rotatable bonds is 5. The summed E-state index contributed by atoms with van der Waals surface area (Å²) in [4.78, 5) is 12.5. The Morgan fingerprint density at radius 3 is 2.68 bits per heavy atom. The lowest BCUT2D eigenvalue weighted by Gasteiger charge is -2.12. The fourth-order valence-corrected chi connectivity index (χ4v) is 2.52. The number of carbonyl (C=O) groups excluding carboxylic acids is 1. The molecule has 1 N–H and O–H groups in total. The van der Waals surface area contributed by atoms with Crippen molar-refractivity contribution in [3.8, 4) is 5.75 Å². The Morgan fingerprint density at radius 1 is 1.16 bits per heavy atom. The van der Waals surface area contributed by atoms with Crippen molar-refractivity contribution in [3.05, 3.63) is 76.0 Å². The van der Waals surface area contributed by atoms with Crippen LogP contribution in [0.5, 0.6) is 5.75 Å². The molecule has 0 bridgehead atoms. The van der Waals surface area contributed by atoms with E-state index in [2.05, 4.69) is 10.4 Å². The van der Waals surface area contributed by atoms with E-state index in [1.807, 2.05) is 6.92 Å². The van der Waals surface area contributed by atoms with Crippen LogP contribution in [0, 0.1) is 6.92 Å². The maximum atomic E-state index is 12.5. The van der Waals surface area contributed by atoms with Gasteiger partial charge in [-0.25, -0.2) is 4.68 Å². The second kappa shape index (κ2) is 7.59. The third-order valence-corrected chi connectivity index (χ3v) is 4.29. The van der Waals surface area contributed by atoms with Crippen LogP contribution in [-0.2, 0) is 6.73 Å². The van der Waals surface area contributed by atoms with Crippen LogP contribution in [0.3, 0.4) is 0 Å². The Labute approximate surface area is 155 Å². The molecule has 0 unspecified atom stereocenters. The summed E-state index contributed by atoms with van der Waals surface area (Å²) in [5.41, 5.74) is 1.85. The molecule has 0 saturated carbocycles. The number of carbonyl (C=O) groups is 1. The van der Waals surface area contributed by atoms with E-state index < -0.39 is 0 Å². The average Bonchev–Trinajstić information content (AvgIpc) is 3.07. The number of aromatic nitrogens is 2. The zero-order valence-corrected chi connectivity index (χ0v) is 14.9. The van der Waals surface area contributed by atoms with E-state index in [0.29, 0.717) is 27.2 Å². The van der Waals surface area contributed by atoms with Gasteiger partial charge in [0.15, 0.2) is 6.73 Å². The molecular formula is C18H15Cl2N3O2. The lowest BCUT2D eigenvalue weighted by Crippen LogP contribution is -2.20. The molecule has 1 amide bonds. The number of amides is 1. The first-order valence-corrected chi connectivity index (χ1v) is 8.27. The van der Waals surface area contributed by atoms with Gasteiger partial charge in [-0.3, -0.25) is 4.79 Å². The molecule has 0 fully saturated rings. The molecule has 0 atom stereocenters. The van der Waals surface area contributed by atoms with Crippen molar-refractivity contribution in [2.75, 3.05) is 5.32 Å². The van der Waals surface area contributed by atoms with Gasteiger partial charge >= 0.3 is 0 Å². The zero-order chi connectivity index (χ0) is 17.8. The number of benzene rings is 2. The van der Waals surface area contributed by atoms with Gasteiger partial charge in [0.1, 0.15) is 11.4 Å². The number of anilines is 1. The lowest BCUT2D eigenvalue weighted by atomic mass is 10.2. The molecular weight excluding hydrogens is 361 g/mol. The standard InChI is InChI=1S/C18H15Cl2N3O2/c1-12-15(20)3-2-4-16(12)22-18(24)17-9-10-21-23(17)11-25-14-7-5-13(19)6-8-14/h2-10H,11H2,1H3,(H,22,24). The van der Waals surface area contributed by atoms with Crippen LogP contribution in [0.25, 0.3) is 0 Å². The highest BCUT2D eigenvalue weighted by Gasteiger charge is 2.14. The second-order valence-electron chi connectivity index (χ2n) is 5.31. The van der Waals surface area contributed by atoms with Crippen molar-refractivity contribution in [1.29, 1.82) is 0 Å². The molecule has 3 aromatic rings. The zero-order valence-electron chi connectivity index (χ0n) is 13.4. The second-order valence-corrected chi connectivity index (χ2v) is 6.15. The van der Waals surface area contributed by atoms with E-state index in [4.69, 9.17) is 27.9 Å². The van der Waals surface area contributed by atoms with E-state index in [1.165, 1.54) is 4.68 Å². The van der Waals surface area contributed by atoms with E-state index in [9.17, 15) is 4.79 Å². The molecule has 0 radical (unpaired) electrons. The van der Waals surface area contributed by atoms with Crippen molar-refractivity contribution in [1.82, 2.24) is 9.78 Å². The molecule has 0 saturated heterocycles. The third kappa shape index (κ3) is 4.13. The molecule has 0 aliphatic heterocycles. The summed E-state index contributed by atoms with van der Waals surface area (Å²) in [7, 11) is 0. The van der Waals surface area contributed by atoms with Gasteiger partial charge in [-0.05, 0) is 55.0 Å². The van der Waals surface area contributed by atoms with Crippen molar-refractivity contribution in [2.45, 2.75) is 13.7 Å². The molecule has 25 heavy (non-hydrogen) atoms. The molecule has 0 aliphatic rings. The van der Waals surface area contributed by atoms with Gasteiger partial charge < -0.3 is 10.1 Å². The van der Waals surface area contributed by atoms with Gasteiger partial charge in [0.25, 0.3) is 5.91 Å². The van der Waals surface area contributed by atoms with Crippen LogP contribution in [0.2, 0.25) is 10.0 Å². The summed E-state index contributed by atoms with van der Waals surface area (Å²) in [6, 6.07) is 13.9. The number of nitrogens with zero attached hydrogens (tertiary/aromatic N) is 2. The van der Waals surface area contributed by atoms with Gasteiger partial charge in [-0.15, -0.1) is 0 Å². The summed E-state index contributed by atoms with van der Waals surface area (Å²) in [6.07, 6.45) is 1.55. The predicted octanol–water partition coefficient (Wildman–Crippen LogP) is 4.79. The van der Waals surface area contributed by atoms with Crippen LogP contribution in [0.15, 0.2) is 54.7 Å². The van der Waals surface area contributed by atoms with E-state index >= 15 is 0 Å². The Balaban J connectivity index is 1.71. The smallest absolute Gasteiger partial charge is 0.274 e. The molecule has 1 heterocycles. The van der Waals surface area contributed by atoms with Crippen LogP contribution < -0.4 is 10.1 Å². The number of halogens is 2. The SMILES string of the molecule is Cc1c(Cl)cccc1NC(=O)c1ccnn1COc1ccc(Cl)cc1. The Bertz CT molecular complexity index is 892. The minimum Gasteiger partial charge on any atom is -0.471 e. The summed E-state index contributed by atoms with van der Waals surface area (Å²) < 4.78 is 7.11. The fraction of sp³-hybridized carbons (Fsp3) is 0.111. The summed E-state index contributed by atoms with van der Waals surface area (Å²) in [5, 5.41) is 8.20. The maximum absolute atomic E-state index is 12.5. The van der Waals surface area contributed by atoms with Crippen LogP contribution >= 0.6 is 23.2 Å².